The molecule has 1 N–H and O–H groups in total. The Labute approximate surface area is 128 Å². The van der Waals surface area contributed by atoms with Gasteiger partial charge in [0.2, 0.25) is 0 Å². The van der Waals surface area contributed by atoms with Gasteiger partial charge in [-0.1, -0.05) is 20.8 Å². The molecule has 1 atom stereocenters. The molecule has 1 unspecified atom stereocenters. The lowest BCUT2D eigenvalue weighted by molar-refractivity contribution is 0.192. The Kier molecular flexibility index (Phi) is 5.59. The fourth-order valence-electron chi connectivity index (χ4n) is 2.79. The maximum atomic E-state index is 9.46. The van der Waals surface area contributed by atoms with Gasteiger partial charge in [0.1, 0.15) is 5.82 Å². The molecule has 0 radical (unpaired) electrons. The SMILES string of the molecule is CCC(C)N1CCN(c2cc(CO)cc(C(C)C)n2)CC1. The zero-order valence-electron chi connectivity index (χ0n) is 13.8. The molecule has 2 rings (SSSR count). The van der Waals surface area contributed by atoms with Gasteiger partial charge in [-0.2, -0.15) is 0 Å². The van der Waals surface area contributed by atoms with Crippen LogP contribution in [0.1, 0.15) is 51.3 Å². The topological polar surface area (TPSA) is 39.6 Å². The Morgan fingerprint density at radius 2 is 1.81 bits per heavy atom. The van der Waals surface area contributed by atoms with Crippen LogP contribution >= 0.6 is 0 Å². The monoisotopic (exact) mass is 291 g/mol. The maximum absolute atomic E-state index is 9.46. The van der Waals surface area contributed by atoms with Crippen molar-refractivity contribution in [1.82, 2.24) is 9.88 Å². The Morgan fingerprint density at radius 3 is 2.33 bits per heavy atom. The highest BCUT2D eigenvalue weighted by atomic mass is 16.3. The quantitative estimate of drug-likeness (QED) is 0.905. The highest BCUT2D eigenvalue weighted by Gasteiger charge is 2.21. The van der Waals surface area contributed by atoms with Gasteiger partial charge in [0.15, 0.2) is 0 Å². The second-order valence-electron chi connectivity index (χ2n) is 6.35. The van der Waals surface area contributed by atoms with Crippen LogP contribution in [0.15, 0.2) is 12.1 Å². The van der Waals surface area contributed by atoms with E-state index in [2.05, 4.69) is 37.5 Å². The molecule has 2 heterocycles. The number of nitrogens with zero attached hydrogens (tertiary/aromatic N) is 3. The molecule has 0 aliphatic carbocycles. The molecule has 1 aromatic heterocycles. The first-order valence-electron chi connectivity index (χ1n) is 8.15. The molecule has 0 saturated carbocycles. The third kappa shape index (κ3) is 3.95. The van der Waals surface area contributed by atoms with Crippen LogP contribution in [-0.2, 0) is 6.61 Å². The standard InChI is InChI=1S/C17H29N3O/c1-5-14(4)19-6-8-20(9-7-19)17-11-15(12-21)10-16(18-17)13(2)3/h10-11,13-14,21H,5-9,12H2,1-4H3. The zero-order valence-corrected chi connectivity index (χ0v) is 13.8. The minimum Gasteiger partial charge on any atom is -0.392 e. The van der Waals surface area contributed by atoms with Crippen LogP contribution in [0.5, 0.6) is 0 Å². The minimum absolute atomic E-state index is 0.0854. The third-order valence-electron chi connectivity index (χ3n) is 4.52. The van der Waals surface area contributed by atoms with E-state index in [1.165, 1.54) is 6.42 Å². The number of aliphatic hydroxyl groups excluding tert-OH is 1. The number of hydrogen-bond acceptors (Lipinski definition) is 4. The van der Waals surface area contributed by atoms with Gasteiger partial charge in [0.05, 0.1) is 6.61 Å². The molecule has 0 spiro atoms. The molecule has 1 aliphatic rings. The summed E-state index contributed by atoms with van der Waals surface area (Å²) in [6.45, 7) is 13.2. The normalized spacial score (nSPS) is 18.3. The summed E-state index contributed by atoms with van der Waals surface area (Å²) in [6.07, 6.45) is 1.20. The van der Waals surface area contributed by atoms with Gasteiger partial charge in [0, 0.05) is 37.9 Å². The van der Waals surface area contributed by atoms with Crippen molar-refractivity contribution >= 4 is 5.82 Å². The molecule has 1 saturated heterocycles. The van der Waals surface area contributed by atoms with Crippen LogP contribution in [-0.4, -0.2) is 47.2 Å². The van der Waals surface area contributed by atoms with Crippen LogP contribution in [0.25, 0.3) is 0 Å². The molecule has 1 aliphatic heterocycles. The summed E-state index contributed by atoms with van der Waals surface area (Å²) in [5, 5.41) is 9.46. The Hall–Kier alpha value is -1.13. The zero-order chi connectivity index (χ0) is 15.4. The van der Waals surface area contributed by atoms with Gasteiger partial charge >= 0.3 is 0 Å². The number of rotatable bonds is 5. The van der Waals surface area contributed by atoms with Crippen LogP contribution in [0.2, 0.25) is 0 Å². The molecule has 118 valence electrons. The summed E-state index contributed by atoms with van der Waals surface area (Å²) < 4.78 is 0. The van der Waals surface area contributed by atoms with Gasteiger partial charge in [-0.3, -0.25) is 4.90 Å². The highest BCUT2D eigenvalue weighted by Crippen LogP contribution is 2.22. The lowest BCUT2D eigenvalue weighted by Gasteiger charge is -2.38. The Balaban J connectivity index is 2.10. The van der Waals surface area contributed by atoms with E-state index in [9.17, 15) is 5.11 Å². The van der Waals surface area contributed by atoms with Crippen molar-refractivity contribution < 1.29 is 5.11 Å². The van der Waals surface area contributed by atoms with Crippen molar-refractivity contribution in [2.45, 2.75) is 52.7 Å². The van der Waals surface area contributed by atoms with E-state index in [0.717, 1.165) is 43.3 Å². The van der Waals surface area contributed by atoms with Crippen LogP contribution < -0.4 is 4.90 Å². The lowest BCUT2D eigenvalue weighted by atomic mass is 10.1. The van der Waals surface area contributed by atoms with E-state index in [4.69, 9.17) is 4.98 Å². The molecule has 0 amide bonds. The number of aromatic nitrogens is 1. The fraction of sp³-hybridized carbons (Fsp3) is 0.706. The van der Waals surface area contributed by atoms with E-state index >= 15 is 0 Å². The first kappa shape index (κ1) is 16.2. The molecular weight excluding hydrogens is 262 g/mol. The van der Waals surface area contributed by atoms with Gasteiger partial charge < -0.3 is 10.0 Å². The van der Waals surface area contributed by atoms with Crippen LogP contribution in [0.3, 0.4) is 0 Å². The molecule has 21 heavy (non-hydrogen) atoms. The summed E-state index contributed by atoms with van der Waals surface area (Å²) in [5.41, 5.74) is 2.04. The first-order valence-corrected chi connectivity index (χ1v) is 8.15. The first-order chi connectivity index (χ1) is 10.0. The van der Waals surface area contributed by atoms with Gasteiger partial charge in [-0.15, -0.1) is 0 Å². The van der Waals surface area contributed by atoms with Crippen molar-refractivity contribution in [1.29, 1.82) is 0 Å². The predicted octanol–water partition coefficient (Wildman–Crippen LogP) is 2.62. The van der Waals surface area contributed by atoms with E-state index < -0.39 is 0 Å². The van der Waals surface area contributed by atoms with Crippen molar-refractivity contribution in [3.8, 4) is 0 Å². The number of piperazine rings is 1. The van der Waals surface area contributed by atoms with Crippen molar-refractivity contribution in [2.75, 3.05) is 31.1 Å². The van der Waals surface area contributed by atoms with E-state index in [-0.39, 0.29) is 6.61 Å². The lowest BCUT2D eigenvalue weighted by Crippen LogP contribution is -2.49. The summed E-state index contributed by atoms with van der Waals surface area (Å²) in [6, 6.07) is 4.71. The largest absolute Gasteiger partial charge is 0.392 e. The van der Waals surface area contributed by atoms with Crippen molar-refractivity contribution in [2.24, 2.45) is 0 Å². The molecule has 0 bridgehead atoms. The van der Waals surface area contributed by atoms with Gasteiger partial charge in [-0.25, -0.2) is 4.98 Å². The molecule has 0 aromatic carbocycles. The predicted molar refractivity (Wildman–Crippen MR) is 87.8 cm³/mol. The van der Waals surface area contributed by atoms with Crippen molar-refractivity contribution in [3.63, 3.8) is 0 Å². The second-order valence-corrected chi connectivity index (χ2v) is 6.35. The van der Waals surface area contributed by atoms with Gasteiger partial charge in [0.25, 0.3) is 0 Å². The molecular formula is C17H29N3O. The number of anilines is 1. The average Bonchev–Trinajstić information content (AvgIpc) is 2.53. The summed E-state index contributed by atoms with van der Waals surface area (Å²) in [4.78, 5) is 9.69. The third-order valence-corrected chi connectivity index (χ3v) is 4.52. The molecule has 1 fully saturated rings. The summed E-state index contributed by atoms with van der Waals surface area (Å²) in [5.74, 6) is 1.41. The molecule has 4 heteroatoms. The smallest absolute Gasteiger partial charge is 0.129 e. The molecule has 4 nitrogen and oxygen atoms in total. The number of aliphatic hydroxyl groups is 1. The van der Waals surface area contributed by atoms with E-state index in [1.54, 1.807) is 0 Å². The minimum atomic E-state index is 0.0854. The van der Waals surface area contributed by atoms with Crippen LogP contribution in [0, 0.1) is 0 Å². The second kappa shape index (κ2) is 7.23. The number of hydrogen-bond donors (Lipinski definition) is 1. The fourth-order valence-corrected chi connectivity index (χ4v) is 2.79. The Bertz CT molecular complexity index is 453. The summed E-state index contributed by atoms with van der Waals surface area (Å²) >= 11 is 0. The van der Waals surface area contributed by atoms with Crippen LogP contribution in [0.4, 0.5) is 5.82 Å². The van der Waals surface area contributed by atoms with E-state index in [0.29, 0.717) is 12.0 Å². The number of pyridine rings is 1. The van der Waals surface area contributed by atoms with Crippen molar-refractivity contribution in [3.05, 3.63) is 23.4 Å². The summed E-state index contributed by atoms with van der Waals surface area (Å²) in [7, 11) is 0. The highest BCUT2D eigenvalue weighted by molar-refractivity contribution is 5.43. The Morgan fingerprint density at radius 1 is 1.14 bits per heavy atom. The maximum Gasteiger partial charge on any atom is 0.129 e. The van der Waals surface area contributed by atoms with Gasteiger partial charge in [-0.05, 0) is 37.0 Å². The van der Waals surface area contributed by atoms with E-state index in [1.807, 2.05) is 12.1 Å². The molecule has 1 aromatic rings. The average molecular weight is 291 g/mol.